The van der Waals surface area contributed by atoms with Gasteiger partial charge in [0.25, 0.3) is 5.91 Å². The minimum absolute atomic E-state index is 0.0421. The first-order valence-corrected chi connectivity index (χ1v) is 22.7. The molecule has 2 aliphatic rings. The third kappa shape index (κ3) is 14.9. The van der Waals surface area contributed by atoms with Crippen LogP contribution in [-0.2, 0) is 33.5 Å². The number of aromatic hydroxyl groups is 1. The topological polar surface area (TPSA) is 224 Å². The number of carbonyl (C=O) groups is 6. The lowest BCUT2D eigenvalue weighted by Gasteiger charge is -2.36. The largest absolute Gasteiger partial charge is 0.508 e. The van der Waals surface area contributed by atoms with Crippen LogP contribution >= 0.6 is 0 Å². The summed E-state index contributed by atoms with van der Waals surface area (Å²) in [5.74, 6) is -6.13. The van der Waals surface area contributed by atoms with Gasteiger partial charge in [-0.3, -0.25) is 29.0 Å². The van der Waals surface area contributed by atoms with Crippen LogP contribution in [0.25, 0.3) is 11.1 Å². The SMILES string of the molecule is CC(=O)CC[C@H]1C(=O)N[C@@H](C(C)C)C(=O)NC(c2cccc(O)c2)C(=O)N2CCCC(N2)C(=O)O[C@H](/C(C)=C/C=C/C(=O)Nc2ccc(-c3ccccc3)cc2)C/C=C/C=C/[C@H](O)[C@H](C)[C@H]1O. The Hall–Kier alpha value is -6.68. The maximum absolute atomic E-state index is 14.4. The number of nitrogens with one attached hydrogen (secondary N) is 4. The highest BCUT2D eigenvalue weighted by Crippen LogP contribution is 2.26. The maximum Gasteiger partial charge on any atom is 0.325 e. The van der Waals surface area contributed by atoms with Crippen LogP contribution in [0.2, 0.25) is 0 Å². The molecule has 0 saturated carbocycles. The molecule has 4 amide bonds. The first kappa shape index (κ1) is 51.3. The number of hydrogen-bond donors (Lipinski definition) is 7. The third-order valence-electron chi connectivity index (χ3n) is 11.9. The van der Waals surface area contributed by atoms with Crippen LogP contribution in [0.15, 0.2) is 127 Å². The molecule has 0 radical (unpaired) electrons. The number of carbonyl (C=O) groups excluding carboxylic acids is 6. The number of benzene rings is 3. The van der Waals surface area contributed by atoms with Gasteiger partial charge in [-0.15, -0.1) is 0 Å². The van der Waals surface area contributed by atoms with Crippen molar-refractivity contribution < 1.29 is 48.8 Å². The highest BCUT2D eigenvalue weighted by Gasteiger charge is 2.39. The van der Waals surface area contributed by atoms with E-state index in [-0.39, 0.29) is 48.8 Å². The molecule has 3 aromatic carbocycles. The van der Waals surface area contributed by atoms with Crippen molar-refractivity contribution in [3.63, 3.8) is 0 Å². The molecule has 15 nitrogen and oxygen atoms in total. The number of nitrogens with zero attached hydrogens (tertiary/aromatic N) is 1. The zero-order valence-electron chi connectivity index (χ0n) is 38.6. The van der Waals surface area contributed by atoms with Gasteiger partial charge in [-0.2, -0.15) is 0 Å². The summed E-state index contributed by atoms with van der Waals surface area (Å²) >= 11 is 0. The molecule has 2 aliphatic heterocycles. The predicted octanol–water partition coefficient (Wildman–Crippen LogP) is 5.77. The van der Waals surface area contributed by atoms with E-state index in [0.29, 0.717) is 24.1 Å². The lowest BCUT2D eigenvalue weighted by Crippen LogP contribution is -2.59. The van der Waals surface area contributed by atoms with Crippen LogP contribution in [0.1, 0.15) is 78.3 Å². The molecule has 1 saturated heterocycles. The maximum atomic E-state index is 14.4. The summed E-state index contributed by atoms with van der Waals surface area (Å²) in [7, 11) is 0. The molecule has 0 aromatic heterocycles. The third-order valence-corrected chi connectivity index (χ3v) is 11.9. The lowest BCUT2D eigenvalue weighted by atomic mass is 9.84. The minimum atomic E-state index is -1.44. The number of hydrogen-bond acceptors (Lipinski definition) is 11. The molecule has 3 aromatic rings. The van der Waals surface area contributed by atoms with Crippen molar-refractivity contribution in [1.29, 1.82) is 0 Å². The van der Waals surface area contributed by atoms with Crippen molar-refractivity contribution >= 4 is 41.1 Å². The van der Waals surface area contributed by atoms with Crippen molar-refractivity contribution in [2.75, 3.05) is 11.9 Å². The minimum Gasteiger partial charge on any atom is -0.508 e. The zero-order chi connectivity index (χ0) is 48.6. The molecule has 15 heteroatoms. The second-order valence-electron chi connectivity index (χ2n) is 17.4. The van der Waals surface area contributed by atoms with E-state index in [0.717, 1.165) is 11.1 Å². The molecule has 8 atom stereocenters. The van der Waals surface area contributed by atoms with Crippen LogP contribution in [0.4, 0.5) is 5.69 Å². The summed E-state index contributed by atoms with van der Waals surface area (Å²) in [6.07, 6.45) is 8.21. The fourth-order valence-corrected chi connectivity index (χ4v) is 7.81. The number of cyclic esters (lactones) is 1. The fourth-order valence-electron chi connectivity index (χ4n) is 7.81. The van der Waals surface area contributed by atoms with Crippen LogP contribution in [0, 0.1) is 17.8 Å². The number of esters is 1. The predicted molar refractivity (Wildman–Crippen MR) is 254 cm³/mol. The summed E-state index contributed by atoms with van der Waals surface area (Å²) in [6.45, 7) is 8.23. The number of ether oxygens (including phenoxy) is 1. The van der Waals surface area contributed by atoms with E-state index < -0.39 is 77.9 Å². The summed E-state index contributed by atoms with van der Waals surface area (Å²) in [5, 5.41) is 42.6. The number of phenols is 1. The second-order valence-corrected chi connectivity index (χ2v) is 17.4. The van der Waals surface area contributed by atoms with Crippen molar-refractivity contribution in [3.8, 4) is 16.9 Å². The number of rotatable bonds is 10. The van der Waals surface area contributed by atoms with Crippen molar-refractivity contribution in [1.82, 2.24) is 21.1 Å². The lowest BCUT2D eigenvalue weighted by molar-refractivity contribution is -0.156. The van der Waals surface area contributed by atoms with E-state index >= 15 is 0 Å². The monoisotopic (exact) mass is 917 g/mol. The van der Waals surface area contributed by atoms with Crippen LogP contribution < -0.4 is 21.4 Å². The Kier molecular flexibility index (Phi) is 18.9. The molecule has 2 bridgehead atoms. The van der Waals surface area contributed by atoms with Gasteiger partial charge in [0, 0.05) is 37.1 Å². The average Bonchev–Trinajstić information content (AvgIpc) is 3.31. The van der Waals surface area contributed by atoms with Gasteiger partial charge in [0.15, 0.2) is 0 Å². The number of anilines is 1. The van der Waals surface area contributed by atoms with Gasteiger partial charge < -0.3 is 40.8 Å². The van der Waals surface area contributed by atoms with Gasteiger partial charge in [0.2, 0.25) is 17.7 Å². The van der Waals surface area contributed by atoms with Gasteiger partial charge in [0.1, 0.15) is 35.8 Å². The first-order chi connectivity index (χ1) is 32.0. The molecular formula is C52H63N5O10. The molecule has 2 unspecified atom stereocenters. The smallest absolute Gasteiger partial charge is 0.325 e. The Labute approximate surface area is 392 Å². The Bertz CT molecular complexity index is 2330. The van der Waals surface area contributed by atoms with Crippen LogP contribution in [0.5, 0.6) is 5.75 Å². The van der Waals surface area contributed by atoms with E-state index in [4.69, 9.17) is 4.74 Å². The summed E-state index contributed by atoms with van der Waals surface area (Å²) in [6, 6.07) is 19.6. The number of amides is 4. The number of fused-ring (bicyclic) bond motifs is 2. The number of aliphatic hydroxyl groups excluding tert-OH is 2. The summed E-state index contributed by atoms with van der Waals surface area (Å²) in [5.41, 5.74) is 6.48. The second kappa shape index (κ2) is 24.7. The fraction of sp³-hybridized carbons (Fsp3) is 0.385. The Morgan fingerprint density at radius 1 is 0.910 bits per heavy atom. The first-order valence-electron chi connectivity index (χ1n) is 22.7. The Morgan fingerprint density at radius 3 is 2.31 bits per heavy atom. The quantitative estimate of drug-likeness (QED) is 0.0735. The summed E-state index contributed by atoms with van der Waals surface area (Å²) in [4.78, 5) is 81.4. The Balaban J connectivity index is 1.43. The van der Waals surface area contributed by atoms with Gasteiger partial charge in [-0.1, -0.05) is 112 Å². The van der Waals surface area contributed by atoms with Gasteiger partial charge >= 0.3 is 5.97 Å². The normalized spacial score (nSPS) is 26.1. The molecule has 7 N–H and O–H groups in total. The summed E-state index contributed by atoms with van der Waals surface area (Å²) < 4.78 is 6.08. The molecule has 0 aliphatic carbocycles. The number of ketones is 1. The van der Waals surface area contributed by atoms with Crippen LogP contribution in [-0.4, -0.2) is 92.7 Å². The molecule has 5 rings (SSSR count). The van der Waals surface area contributed by atoms with E-state index in [2.05, 4.69) is 21.4 Å². The van der Waals surface area contributed by atoms with Gasteiger partial charge in [-0.25, -0.2) is 5.43 Å². The standard InChI is InChI=1S/C52H63N5O10/c1-32(2)46-50(64)55-47(38-18-13-19-40(59)31-38)51(65)57-30-14-20-42(56-57)52(66)67-44(22-11-7-10-21-43(60)35(5)48(62)41(49(63)54-46)29-24-34(4)58)33(3)15-12-23-45(61)53-39-27-25-37(26-28-39)36-16-8-6-9-17-36/h6-13,15-19,21,23,25-28,31-32,35,41-44,46-48,56,59-60,62H,14,20,22,24,29-30H2,1-5H3,(H,53,61)(H,54,63)(H,55,64)/b11-7+,21-10+,23-12+,33-15+/t35-,41+,42?,43-,44-,46-,47?,48+/m0/s1. The molecule has 0 spiro atoms. The van der Waals surface area contributed by atoms with Crippen molar-refractivity contribution in [3.05, 3.63) is 133 Å². The zero-order valence-corrected chi connectivity index (χ0v) is 38.6. The Morgan fingerprint density at radius 2 is 1.63 bits per heavy atom. The average molecular weight is 918 g/mol. The van der Waals surface area contributed by atoms with E-state index in [1.165, 1.54) is 42.3 Å². The molecular weight excluding hydrogens is 855 g/mol. The molecule has 2 heterocycles. The number of allylic oxidation sites excluding steroid dienone is 4. The van der Waals surface area contributed by atoms with Gasteiger partial charge in [-0.05, 0) is 85.6 Å². The van der Waals surface area contributed by atoms with Crippen LogP contribution in [0.3, 0.4) is 0 Å². The van der Waals surface area contributed by atoms with Crippen molar-refractivity contribution in [2.45, 2.75) is 103 Å². The van der Waals surface area contributed by atoms with Gasteiger partial charge in [0.05, 0.1) is 18.1 Å². The molecule has 67 heavy (non-hydrogen) atoms. The number of aliphatic hydroxyl groups is 2. The highest BCUT2D eigenvalue weighted by molar-refractivity contribution is 5.99. The highest BCUT2D eigenvalue weighted by atomic mass is 16.5. The van der Waals surface area contributed by atoms with E-state index in [9.17, 15) is 44.1 Å². The molecule has 356 valence electrons. The molecule has 1 fully saturated rings. The number of Topliss-reactive ketones (excluding diaryl/α,β-unsaturated/α-hetero) is 1. The number of phenolic OH excluding ortho intramolecular Hbond substituents is 1. The van der Waals surface area contributed by atoms with E-state index in [1.54, 1.807) is 64.1 Å². The van der Waals surface area contributed by atoms with Crippen molar-refractivity contribution in [2.24, 2.45) is 17.8 Å². The number of hydrazine groups is 1. The van der Waals surface area contributed by atoms with E-state index in [1.807, 2.05) is 54.6 Å².